The van der Waals surface area contributed by atoms with Gasteiger partial charge in [0.1, 0.15) is 5.76 Å². The number of nitrogens with zero attached hydrogens (tertiary/aromatic N) is 2. The molecule has 0 saturated carbocycles. The number of esters is 1. The molecule has 0 fully saturated rings. The number of fused-ring (bicyclic) bond motifs is 1. The van der Waals surface area contributed by atoms with Crippen LogP contribution in [0.25, 0.3) is 11.5 Å². The normalized spacial score (nSPS) is 15.6. The van der Waals surface area contributed by atoms with E-state index in [1.165, 1.54) is 4.90 Å². The number of hydrogen-bond acceptors (Lipinski definition) is 6. The fourth-order valence-corrected chi connectivity index (χ4v) is 3.52. The summed E-state index contributed by atoms with van der Waals surface area (Å²) in [4.78, 5) is 43.3. The summed E-state index contributed by atoms with van der Waals surface area (Å²) in [5.74, 6) is -0.759. The molecule has 1 atom stereocenters. The Morgan fingerprint density at radius 3 is 2.65 bits per heavy atom. The minimum absolute atomic E-state index is 0.0211. The molecule has 1 aliphatic rings. The van der Waals surface area contributed by atoms with E-state index in [2.05, 4.69) is 10.3 Å². The topological polar surface area (TPSA) is 102 Å². The maximum Gasteiger partial charge on any atom is 0.361 e. The van der Waals surface area contributed by atoms with E-state index in [-0.39, 0.29) is 18.0 Å². The van der Waals surface area contributed by atoms with Crippen LogP contribution in [0.15, 0.2) is 59.0 Å². The summed E-state index contributed by atoms with van der Waals surface area (Å²) in [6, 6.07) is 15.8. The van der Waals surface area contributed by atoms with Gasteiger partial charge in [-0.3, -0.25) is 9.59 Å². The number of rotatable bonds is 4. The molecule has 0 aliphatic carbocycles. The maximum atomic E-state index is 12.9. The SMILES string of the molecule is Cc1oc(-c2ccccc2)nc1C(=O)OCC(=O)N1c2ccccc2NC(=O)C[C@H]1C. The monoisotopic (exact) mass is 419 g/mol. The van der Waals surface area contributed by atoms with Gasteiger partial charge in [0.15, 0.2) is 12.3 Å². The van der Waals surface area contributed by atoms with Gasteiger partial charge in [-0.1, -0.05) is 30.3 Å². The Morgan fingerprint density at radius 1 is 1.16 bits per heavy atom. The average Bonchev–Trinajstić information content (AvgIpc) is 3.09. The summed E-state index contributed by atoms with van der Waals surface area (Å²) < 4.78 is 10.8. The average molecular weight is 419 g/mol. The Labute approximate surface area is 178 Å². The molecule has 1 aliphatic heterocycles. The van der Waals surface area contributed by atoms with Crippen LogP contribution in [0.4, 0.5) is 11.4 Å². The molecular formula is C23H21N3O5. The van der Waals surface area contributed by atoms with Crippen LogP contribution in [0.2, 0.25) is 0 Å². The molecule has 158 valence electrons. The van der Waals surface area contributed by atoms with E-state index < -0.39 is 24.5 Å². The Kier molecular flexibility index (Phi) is 5.53. The first kappa shape index (κ1) is 20.3. The third-order valence-electron chi connectivity index (χ3n) is 4.97. The molecule has 2 amide bonds. The van der Waals surface area contributed by atoms with Crippen molar-refractivity contribution in [3.8, 4) is 11.5 Å². The first-order valence-corrected chi connectivity index (χ1v) is 9.85. The number of carbonyl (C=O) groups excluding carboxylic acids is 3. The number of benzene rings is 2. The maximum absolute atomic E-state index is 12.9. The minimum atomic E-state index is -0.748. The second-order valence-corrected chi connectivity index (χ2v) is 7.25. The highest BCUT2D eigenvalue weighted by Crippen LogP contribution is 2.31. The Bertz CT molecular complexity index is 1140. The van der Waals surface area contributed by atoms with Crippen molar-refractivity contribution in [1.29, 1.82) is 0 Å². The zero-order chi connectivity index (χ0) is 22.0. The van der Waals surface area contributed by atoms with Gasteiger partial charge < -0.3 is 19.4 Å². The molecule has 4 rings (SSSR count). The fraction of sp³-hybridized carbons (Fsp3) is 0.217. The molecule has 31 heavy (non-hydrogen) atoms. The molecule has 1 N–H and O–H groups in total. The van der Waals surface area contributed by atoms with Gasteiger partial charge in [-0.2, -0.15) is 0 Å². The number of oxazole rings is 1. The molecule has 8 nitrogen and oxygen atoms in total. The highest BCUT2D eigenvalue weighted by Gasteiger charge is 2.30. The van der Waals surface area contributed by atoms with Crippen LogP contribution in [-0.4, -0.2) is 35.4 Å². The molecule has 8 heteroatoms. The Morgan fingerprint density at radius 2 is 1.87 bits per heavy atom. The van der Waals surface area contributed by atoms with Gasteiger partial charge in [0.2, 0.25) is 11.8 Å². The largest absolute Gasteiger partial charge is 0.451 e. The van der Waals surface area contributed by atoms with E-state index in [0.717, 1.165) is 5.56 Å². The van der Waals surface area contributed by atoms with Crippen LogP contribution in [0.3, 0.4) is 0 Å². The smallest absolute Gasteiger partial charge is 0.361 e. The van der Waals surface area contributed by atoms with Gasteiger partial charge in [-0.05, 0) is 38.1 Å². The zero-order valence-corrected chi connectivity index (χ0v) is 17.1. The van der Waals surface area contributed by atoms with Crippen molar-refractivity contribution in [3.05, 3.63) is 66.1 Å². The van der Waals surface area contributed by atoms with Gasteiger partial charge in [0, 0.05) is 18.0 Å². The van der Waals surface area contributed by atoms with Gasteiger partial charge in [0.05, 0.1) is 11.4 Å². The molecule has 2 heterocycles. The molecule has 1 aromatic heterocycles. The third kappa shape index (κ3) is 4.18. The lowest BCUT2D eigenvalue weighted by Crippen LogP contribution is -2.41. The summed E-state index contributed by atoms with van der Waals surface area (Å²) in [7, 11) is 0. The fourth-order valence-electron chi connectivity index (χ4n) is 3.52. The lowest BCUT2D eigenvalue weighted by Gasteiger charge is -2.27. The van der Waals surface area contributed by atoms with E-state index in [0.29, 0.717) is 23.0 Å². The predicted molar refractivity (Wildman–Crippen MR) is 114 cm³/mol. The lowest BCUT2D eigenvalue weighted by molar-refractivity contribution is -0.122. The van der Waals surface area contributed by atoms with Crippen LogP contribution in [0.1, 0.15) is 29.6 Å². The van der Waals surface area contributed by atoms with Crippen molar-refractivity contribution in [3.63, 3.8) is 0 Å². The highest BCUT2D eigenvalue weighted by molar-refractivity contribution is 6.05. The van der Waals surface area contributed by atoms with Crippen molar-refractivity contribution >= 4 is 29.2 Å². The number of ether oxygens (including phenoxy) is 1. The van der Waals surface area contributed by atoms with Crippen molar-refractivity contribution < 1.29 is 23.5 Å². The molecule has 0 radical (unpaired) electrons. The van der Waals surface area contributed by atoms with Gasteiger partial charge in [0.25, 0.3) is 5.91 Å². The van der Waals surface area contributed by atoms with Crippen LogP contribution in [-0.2, 0) is 14.3 Å². The minimum Gasteiger partial charge on any atom is -0.451 e. The van der Waals surface area contributed by atoms with E-state index in [4.69, 9.17) is 9.15 Å². The van der Waals surface area contributed by atoms with E-state index in [9.17, 15) is 14.4 Å². The van der Waals surface area contributed by atoms with E-state index >= 15 is 0 Å². The predicted octanol–water partition coefficient (Wildman–Crippen LogP) is 3.57. The van der Waals surface area contributed by atoms with Crippen LogP contribution in [0.5, 0.6) is 0 Å². The number of aromatic nitrogens is 1. The van der Waals surface area contributed by atoms with Crippen LogP contribution >= 0.6 is 0 Å². The highest BCUT2D eigenvalue weighted by atomic mass is 16.5. The lowest BCUT2D eigenvalue weighted by atomic mass is 10.1. The van der Waals surface area contributed by atoms with E-state index in [1.807, 2.05) is 30.3 Å². The molecule has 2 aromatic carbocycles. The summed E-state index contributed by atoms with van der Waals surface area (Å²) in [6.07, 6.45) is 0.136. The first-order chi connectivity index (χ1) is 14.9. The third-order valence-corrected chi connectivity index (χ3v) is 4.97. The molecule has 0 bridgehead atoms. The molecule has 3 aromatic rings. The standard InChI is InChI=1S/C23H21N3O5/c1-14-12-19(27)24-17-10-6-7-11-18(17)26(14)20(28)13-30-23(29)21-15(2)31-22(25-21)16-8-4-3-5-9-16/h3-11,14H,12-13H2,1-2H3,(H,24,27)/t14-/m1/s1. The summed E-state index contributed by atoms with van der Waals surface area (Å²) >= 11 is 0. The van der Waals surface area contributed by atoms with Gasteiger partial charge >= 0.3 is 5.97 Å². The number of para-hydroxylation sites is 2. The molecule has 0 spiro atoms. The second kappa shape index (κ2) is 8.43. The number of carbonyl (C=O) groups is 3. The van der Waals surface area contributed by atoms with Gasteiger partial charge in [-0.15, -0.1) is 0 Å². The van der Waals surface area contributed by atoms with Crippen molar-refractivity contribution in [2.24, 2.45) is 0 Å². The van der Waals surface area contributed by atoms with Crippen LogP contribution < -0.4 is 10.2 Å². The number of nitrogens with one attached hydrogen (secondary N) is 1. The summed E-state index contributed by atoms with van der Waals surface area (Å²) in [6.45, 7) is 2.90. The van der Waals surface area contributed by atoms with Crippen molar-refractivity contribution in [2.45, 2.75) is 26.3 Å². The second-order valence-electron chi connectivity index (χ2n) is 7.25. The van der Waals surface area contributed by atoms with Crippen LogP contribution in [0, 0.1) is 6.92 Å². The number of amides is 2. The zero-order valence-electron chi connectivity index (χ0n) is 17.1. The van der Waals surface area contributed by atoms with Crippen molar-refractivity contribution in [1.82, 2.24) is 4.98 Å². The number of aryl methyl sites for hydroxylation is 1. The molecule has 0 unspecified atom stereocenters. The molecule has 0 saturated heterocycles. The van der Waals surface area contributed by atoms with Crippen molar-refractivity contribution in [2.75, 3.05) is 16.8 Å². The Balaban J connectivity index is 1.49. The Hall–Kier alpha value is -3.94. The van der Waals surface area contributed by atoms with E-state index in [1.54, 1.807) is 38.1 Å². The number of anilines is 2. The summed E-state index contributed by atoms with van der Waals surface area (Å²) in [5.41, 5.74) is 1.85. The molecular weight excluding hydrogens is 398 g/mol. The number of hydrogen-bond donors (Lipinski definition) is 1. The van der Waals surface area contributed by atoms with Gasteiger partial charge in [-0.25, -0.2) is 9.78 Å². The quantitative estimate of drug-likeness (QED) is 0.649. The summed E-state index contributed by atoms with van der Waals surface area (Å²) in [5, 5.41) is 2.79. The first-order valence-electron chi connectivity index (χ1n) is 9.85.